The van der Waals surface area contributed by atoms with Crippen molar-refractivity contribution in [1.29, 1.82) is 0 Å². The molecule has 0 N–H and O–H groups in total. The standard InChI is InChI=1S/C28H10F10.Zr/c29-19-17(20(30)24(34)27(37)23(19)33)12-15(14-9-5-2-6-10-14)16(11-13-7-3-1-4-8-13)18-21(31)25(35)28(38)26(36)22(18)32;/h1-10H;/q-2;+4. The van der Waals surface area contributed by atoms with E-state index in [9.17, 15) is 43.9 Å². The van der Waals surface area contributed by atoms with Gasteiger partial charge in [0.05, 0.1) is 0 Å². The van der Waals surface area contributed by atoms with E-state index >= 15 is 0 Å². The molecule has 194 valence electrons. The molecule has 4 aromatic rings. The maximum absolute atomic E-state index is 15.0. The number of halogens is 10. The SMILES string of the molecule is Fc1c(F)c(F)c([C-]=C(C(=[C-]c2ccccc2)c2c(F)c(F)c(F)c(F)c2F)c2ccccc2)c(F)c1F.[Zr+4]. The van der Waals surface area contributed by atoms with E-state index < -0.39 is 80.4 Å². The first kappa shape index (κ1) is 30.1. The average Bonchev–Trinajstić information content (AvgIpc) is 2.93. The normalized spacial score (nSPS) is 11.9. The van der Waals surface area contributed by atoms with E-state index in [1.54, 1.807) is 0 Å². The van der Waals surface area contributed by atoms with Crippen molar-refractivity contribution in [2.75, 3.05) is 0 Å². The van der Waals surface area contributed by atoms with Crippen LogP contribution in [0.25, 0.3) is 11.1 Å². The summed E-state index contributed by atoms with van der Waals surface area (Å²) in [5.41, 5.74) is -5.17. The maximum Gasteiger partial charge on any atom is 4.00 e. The summed E-state index contributed by atoms with van der Waals surface area (Å²) >= 11 is 0. The van der Waals surface area contributed by atoms with Gasteiger partial charge in [0.25, 0.3) is 0 Å². The third-order valence-corrected chi connectivity index (χ3v) is 5.28. The molecular formula is C28H10F10Zr+2. The van der Waals surface area contributed by atoms with Gasteiger partial charge in [-0.1, -0.05) is 54.1 Å². The summed E-state index contributed by atoms with van der Waals surface area (Å²) < 4.78 is 143. The van der Waals surface area contributed by atoms with Crippen molar-refractivity contribution in [2.24, 2.45) is 0 Å². The van der Waals surface area contributed by atoms with Crippen molar-refractivity contribution in [3.8, 4) is 0 Å². The Morgan fingerprint density at radius 1 is 0.410 bits per heavy atom. The molecule has 0 amide bonds. The predicted octanol–water partition coefficient (Wildman–Crippen LogP) is 8.25. The van der Waals surface area contributed by atoms with E-state index in [4.69, 9.17) is 0 Å². The molecule has 0 atom stereocenters. The fraction of sp³-hybridized carbons (Fsp3) is 0. The van der Waals surface area contributed by atoms with E-state index in [-0.39, 0.29) is 37.3 Å². The summed E-state index contributed by atoms with van der Waals surface area (Å²) in [4.78, 5) is 0. The van der Waals surface area contributed by atoms with E-state index in [0.29, 0.717) is 0 Å². The minimum atomic E-state index is -2.48. The van der Waals surface area contributed by atoms with Gasteiger partial charge < -0.3 is 0 Å². The Balaban J connectivity index is 0.00000420. The van der Waals surface area contributed by atoms with Crippen LogP contribution in [0.3, 0.4) is 0 Å². The molecule has 4 rings (SSSR count). The second kappa shape index (κ2) is 12.2. The zero-order valence-corrected chi connectivity index (χ0v) is 21.5. The van der Waals surface area contributed by atoms with Crippen LogP contribution in [0.2, 0.25) is 0 Å². The summed E-state index contributed by atoms with van der Waals surface area (Å²) in [5, 5.41) is 0. The summed E-state index contributed by atoms with van der Waals surface area (Å²) in [6, 6.07) is 13.5. The number of hydrogen-bond acceptors (Lipinski definition) is 0. The fourth-order valence-corrected chi connectivity index (χ4v) is 3.46. The molecule has 0 spiro atoms. The molecule has 0 bridgehead atoms. The second-order valence-electron chi connectivity index (χ2n) is 7.62. The zero-order chi connectivity index (χ0) is 27.7. The third-order valence-electron chi connectivity index (χ3n) is 5.28. The summed E-state index contributed by atoms with van der Waals surface area (Å²) in [6.07, 6.45) is 4.34. The zero-order valence-electron chi connectivity index (χ0n) is 19.1. The van der Waals surface area contributed by atoms with Gasteiger partial charge in [-0.2, -0.15) is 23.3 Å². The molecule has 4 aromatic carbocycles. The molecule has 0 saturated carbocycles. The van der Waals surface area contributed by atoms with Gasteiger partial charge in [-0.25, -0.2) is 43.9 Å². The van der Waals surface area contributed by atoms with E-state index in [0.717, 1.165) is 0 Å². The molecule has 0 aliphatic rings. The summed E-state index contributed by atoms with van der Waals surface area (Å²) in [5.74, 6) is -23.6. The van der Waals surface area contributed by atoms with Gasteiger partial charge in [0.2, 0.25) is 0 Å². The Bertz CT molecular complexity index is 1540. The van der Waals surface area contributed by atoms with Crippen molar-refractivity contribution in [1.82, 2.24) is 0 Å². The Hall–Kier alpha value is -3.46. The molecule has 39 heavy (non-hydrogen) atoms. The molecule has 0 fully saturated rings. The molecular weight excluding hydrogens is 618 g/mol. The van der Waals surface area contributed by atoms with Crippen LogP contribution in [-0.4, -0.2) is 0 Å². The Morgan fingerprint density at radius 3 is 1.26 bits per heavy atom. The Kier molecular flexibility index (Phi) is 9.38. The van der Waals surface area contributed by atoms with Crippen LogP contribution in [0.5, 0.6) is 0 Å². The third kappa shape index (κ3) is 5.64. The minimum absolute atomic E-state index is 0. The number of hydrogen-bond donors (Lipinski definition) is 0. The Labute approximate surface area is 234 Å². The average molecular weight is 628 g/mol. The first-order valence-electron chi connectivity index (χ1n) is 10.5. The first-order valence-corrected chi connectivity index (χ1v) is 10.5. The van der Waals surface area contributed by atoms with Crippen LogP contribution in [0.15, 0.2) is 60.7 Å². The van der Waals surface area contributed by atoms with E-state index in [1.807, 2.05) is 6.08 Å². The number of allylic oxidation sites excluding steroid dienone is 2. The summed E-state index contributed by atoms with van der Waals surface area (Å²) in [7, 11) is 0. The van der Waals surface area contributed by atoms with Crippen molar-refractivity contribution < 1.29 is 70.1 Å². The van der Waals surface area contributed by atoms with E-state index in [2.05, 4.69) is 6.08 Å². The van der Waals surface area contributed by atoms with Crippen LogP contribution >= 0.6 is 0 Å². The molecule has 0 unspecified atom stereocenters. The van der Waals surface area contributed by atoms with E-state index in [1.165, 1.54) is 60.7 Å². The number of rotatable bonds is 5. The van der Waals surface area contributed by atoms with Gasteiger partial charge in [-0.15, -0.1) is 23.3 Å². The van der Waals surface area contributed by atoms with Gasteiger partial charge in [0.1, 0.15) is 23.3 Å². The monoisotopic (exact) mass is 626 g/mol. The molecule has 0 aliphatic carbocycles. The van der Waals surface area contributed by atoms with Crippen LogP contribution in [-0.2, 0) is 26.2 Å². The number of benzene rings is 4. The summed E-state index contributed by atoms with van der Waals surface area (Å²) in [6.45, 7) is 0. The molecule has 0 aromatic heterocycles. The molecule has 0 saturated heterocycles. The maximum atomic E-state index is 15.0. The van der Waals surface area contributed by atoms with Crippen LogP contribution in [0.4, 0.5) is 43.9 Å². The molecule has 0 radical (unpaired) electrons. The van der Waals surface area contributed by atoms with Gasteiger partial charge in [0.15, 0.2) is 34.9 Å². The quantitative estimate of drug-likeness (QED) is 0.0522. The van der Waals surface area contributed by atoms with Crippen LogP contribution in [0.1, 0.15) is 22.3 Å². The predicted molar refractivity (Wildman–Crippen MR) is 117 cm³/mol. The first-order chi connectivity index (χ1) is 18.0. The molecule has 0 nitrogen and oxygen atoms in total. The van der Waals surface area contributed by atoms with Crippen molar-refractivity contribution in [3.63, 3.8) is 0 Å². The fourth-order valence-electron chi connectivity index (χ4n) is 3.46. The van der Waals surface area contributed by atoms with Gasteiger partial charge >= 0.3 is 26.2 Å². The smallest absolute Gasteiger partial charge is 0.250 e. The molecule has 11 heteroatoms. The largest absolute Gasteiger partial charge is 4.00 e. The van der Waals surface area contributed by atoms with Crippen LogP contribution < -0.4 is 0 Å². The molecule has 0 heterocycles. The van der Waals surface area contributed by atoms with Gasteiger partial charge in [-0.3, -0.25) is 0 Å². The van der Waals surface area contributed by atoms with Crippen molar-refractivity contribution in [3.05, 3.63) is 153 Å². The second-order valence-corrected chi connectivity index (χ2v) is 7.62. The van der Waals surface area contributed by atoms with Crippen molar-refractivity contribution in [2.45, 2.75) is 0 Å². The minimum Gasteiger partial charge on any atom is -0.250 e. The Morgan fingerprint density at radius 2 is 0.795 bits per heavy atom. The van der Waals surface area contributed by atoms with Gasteiger partial charge in [-0.05, 0) is 5.56 Å². The topological polar surface area (TPSA) is 0 Å². The van der Waals surface area contributed by atoms with Gasteiger partial charge in [0, 0.05) is 0 Å². The van der Waals surface area contributed by atoms with Crippen molar-refractivity contribution >= 4 is 11.1 Å². The molecule has 0 aliphatic heterocycles. The van der Waals surface area contributed by atoms with Crippen LogP contribution in [0, 0.1) is 70.3 Å².